The monoisotopic (exact) mass is 363 g/mol. The van der Waals surface area contributed by atoms with Crippen molar-refractivity contribution in [3.8, 4) is 6.07 Å². The Hall–Kier alpha value is -2.68. The van der Waals surface area contributed by atoms with E-state index >= 15 is 0 Å². The number of ether oxygens (including phenoxy) is 1. The summed E-state index contributed by atoms with van der Waals surface area (Å²) in [6, 6.07) is 19.5. The molecule has 3 rings (SSSR count). The number of amides is 1. The van der Waals surface area contributed by atoms with Crippen LogP contribution in [0.2, 0.25) is 0 Å². The molecule has 0 aliphatic carbocycles. The van der Waals surface area contributed by atoms with Crippen LogP contribution in [0.5, 0.6) is 0 Å². The maximum absolute atomic E-state index is 13.0. The number of methoxy groups -OCH3 is 1. The van der Waals surface area contributed by atoms with Gasteiger partial charge in [0.15, 0.2) is 6.10 Å². The Bertz CT molecular complexity index is 783. The summed E-state index contributed by atoms with van der Waals surface area (Å²) in [4.78, 5) is 17.2. The lowest BCUT2D eigenvalue weighted by Crippen LogP contribution is -2.38. The Morgan fingerprint density at radius 2 is 1.81 bits per heavy atom. The molecule has 1 aliphatic rings. The molecule has 1 fully saturated rings. The molecule has 0 N–H and O–H groups in total. The van der Waals surface area contributed by atoms with Gasteiger partial charge in [-0.3, -0.25) is 9.69 Å². The third-order valence-corrected chi connectivity index (χ3v) is 4.95. The van der Waals surface area contributed by atoms with E-state index in [-0.39, 0.29) is 5.91 Å². The third-order valence-electron chi connectivity index (χ3n) is 4.95. The first-order chi connectivity index (χ1) is 13.2. The van der Waals surface area contributed by atoms with Crippen LogP contribution in [0.25, 0.3) is 0 Å². The van der Waals surface area contributed by atoms with Crippen molar-refractivity contribution in [2.75, 3.05) is 33.3 Å². The molecule has 5 nitrogen and oxygen atoms in total. The molecule has 0 spiro atoms. The molecule has 0 radical (unpaired) electrons. The van der Waals surface area contributed by atoms with Crippen LogP contribution in [0.15, 0.2) is 54.6 Å². The number of rotatable bonds is 5. The first kappa shape index (κ1) is 19.1. The van der Waals surface area contributed by atoms with Crippen LogP contribution in [0, 0.1) is 11.3 Å². The summed E-state index contributed by atoms with van der Waals surface area (Å²) < 4.78 is 5.51. The van der Waals surface area contributed by atoms with Gasteiger partial charge < -0.3 is 9.64 Å². The molecule has 1 heterocycles. The van der Waals surface area contributed by atoms with Gasteiger partial charge >= 0.3 is 0 Å². The summed E-state index contributed by atoms with van der Waals surface area (Å²) in [5.74, 6) is 0.0314. The highest BCUT2D eigenvalue weighted by Gasteiger charge is 2.27. The van der Waals surface area contributed by atoms with Crippen LogP contribution >= 0.6 is 0 Å². The van der Waals surface area contributed by atoms with E-state index in [1.807, 2.05) is 59.5 Å². The van der Waals surface area contributed by atoms with Crippen LogP contribution in [0.3, 0.4) is 0 Å². The SMILES string of the molecule is CO[C@@H](C(=O)N1CCCN(Cc2ccc(C#N)cc2)CC1)c1ccccc1. The van der Waals surface area contributed by atoms with E-state index in [1.54, 1.807) is 7.11 Å². The quantitative estimate of drug-likeness (QED) is 0.819. The van der Waals surface area contributed by atoms with Crippen LogP contribution in [-0.4, -0.2) is 49.0 Å². The minimum absolute atomic E-state index is 0.0314. The highest BCUT2D eigenvalue weighted by atomic mass is 16.5. The molecule has 0 aromatic heterocycles. The predicted molar refractivity (Wildman–Crippen MR) is 104 cm³/mol. The molecule has 27 heavy (non-hydrogen) atoms. The average molecular weight is 363 g/mol. The zero-order valence-electron chi connectivity index (χ0n) is 15.7. The van der Waals surface area contributed by atoms with Gasteiger partial charge in [0, 0.05) is 39.8 Å². The van der Waals surface area contributed by atoms with E-state index in [0.717, 1.165) is 38.2 Å². The highest BCUT2D eigenvalue weighted by molar-refractivity contribution is 5.82. The summed E-state index contributed by atoms with van der Waals surface area (Å²) in [7, 11) is 1.59. The van der Waals surface area contributed by atoms with Gasteiger partial charge in [0.25, 0.3) is 5.91 Å². The zero-order valence-corrected chi connectivity index (χ0v) is 15.7. The predicted octanol–water partition coefficient (Wildman–Crippen LogP) is 2.98. The van der Waals surface area contributed by atoms with Crippen molar-refractivity contribution in [2.24, 2.45) is 0 Å². The van der Waals surface area contributed by atoms with Crippen molar-refractivity contribution >= 4 is 5.91 Å². The van der Waals surface area contributed by atoms with Gasteiger partial charge in [-0.2, -0.15) is 5.26 Å². The Balaban J connectivity index is 1.60. The van der Waals surface area contributed by atoms with Crippen molar-refractivity contribution in [3.63, 3.8) is 0 Å². The number of carbonyl (C=O) groups excluding carboxylic acids is 1. The Morgan fingerprint density at radius 1 is 1.07 bits per heavy atom. The minimum atomic E-state index is -0.545. The zero-order chi connectivity index (χ0) is 19.1. The number of nitriles is 1. The second kappa shape index (κ2) is 9.31. The van der Waals surface area contributed by atoms with E-state index in [9.17, 15) is 4.79 Å². The molecule has 5 heteroatoms. The van der Waals surface area contributed by atoms with E-state index in [1.165, 1.54) is 5.56 Å². The lowest BCUT2D eigenvalue weighted by atomic mass is 10.1. The highest BCUT2D eigenvalue weighted by Crippen LogP contribution is 2.20. The summed E-state index contributed by atoms with van der Waals surface area (Å²) in [6.07, 6.45) is 0.393. The molecule has 0 unspecified atom stereocenters. The number of carbonyl (C=O) groups is 1. The van der Waals surface area contributed by atoms with Gasteiger partial charge in [0.1, 0.15) is 0 Å². The lowest BCUT2D eigenvalue weighted by molar-refractivity contribution is -0.142. The second-order valence-corrected chi connectivity index (χ2v) is 6.79. The number of benzene rings is 2. The average Bonchev–Trinajstić information content (AvgIpc) is 2.95. The normalized spacial score (nSPS) is 16.4. The molecule has 0 bridgehead atoms. The van der Waals surface area contributed by atoms with Crippen molar-refractivity contribution in [1.82, 2.24) is 9.80 Å². The summed E-state index contributed by atoms with van der Waals surface area (Å²) in [5, 5.41) is 8.91. The fraction of sp³-hybridized carbons (Fsp3) is 0.364. The van der Waals surface area contributed by atoms with E-state index < -0.39 is 6.10 Å². The summed E-state index contributed by atoms with van der Waals surface area (Å²) in [6.45, 7) is 4.06. The molecule has 140 valence electrons. The third kappa shape index (κ3) is 4.94. The summed E-state index contributed by atoms with van der Waals surface area (Å²) in [5.41, 5.74) is 2.76. The molecule has 1 amide bonds. The van der Waals surface area contributed by atoms with Gasteiger partial charge in [-0.1, -0.05) is 42.5 Å². The van der Waals surface area contributed by atoms with Crippen molar-refractivity contribution < 1.29 is 9.53 Å². The van der Waals surface area contributed by atoms with Crippen molar-refractivity contribution in [3.05, 3.63) is 71.3 Å². The molecule has 2 aromatic rings. The molecule has 1 atom stereocenters. The largest absolute Gasteiger partial charge is 0.367 e. The Labute approximate surface area is 160 Å². The van der Waals surface area contributed by atoms with Crippen molar-refractivity contribution in [2.45, 2.75) is 19.1 Å². The second-order valence-electron chi connectivity index (χ2n) is 6.79. The van der Waals surface area contributed by atoms with Gasteiger partial charge in [-0.15, -0.1) is 0 Å². The van der Waals surface area contributed by atoms with Gasteiger partial charge in [0.05, 0.1) is 11.6 Å². The Kier molecular flexibility index (Phi) is 6.59. The maximum atomic E-state index is 13.0. The number of hydrogen-bond acceptors (Lipinski definition) is 4. The van der Waals surface area contributed by atoms with Crippen LogP contribution in [0.1, 0.15) is 29.2 Å². The summed E-state index contributed by atoms with van der Waals surface area (Å²) >= 11 is 0. The smallest absolute Gasteiger partial charge is 0.256 e. The van der Waals surface area contributed by atoms with Crippen LogP contribution in [0.4, 0.5) is 0 Å². The molecular formula is C22H25N3O2. The minimum Gasteiger partial charge on any atom is -0.367 e. The molecule has 1 saturated heterocycles. The number of hydrogen-bond donors (Lipinski definition) is 0. The molecule has 0 saturated carbocycles. The lowest BCUT2D eigenvalue weighted by Gasteiger charge is -2.26. The topological polar surface area (TPSA) is 56.6 Å². The molecular weight excluding hydrogens is 338 g/mol. The maximum Gasteiger partial charge on any atom is 0.256 e. The van der Waals surface area contributed by atoms with Crippen LogP contribution in [-0.2, 0) is 16.1 Å². The van der Waals surface area contributed by atoms with E-state index in [2.05, 4.69) is 11.0 Å². The van der Waals surface area contributed by atoms with Crippen LogP contribution < -0.4 is 0 Å². The fourth-order valence-electron chi connectivity index (χ4n) is 3.47. The molecule has 2 aromatic carbocycles. The van der Waals surface area contributed by atoms with Gasteiger partial charge in [0.2, 0.25) is 0 Å². The first-order valence-corrected chi connectivity index (χ1v) is 9.29. The fourth-order valence-corrected chi connectivity index (χ4v) is 3.47. The van der Waals surface area contributed by atoms with Crippen molar-refractivity contribution in [1.29, 1.82) is 5.26 Å². The van der Waals surface area contributed by atoms with E-state index in [0.29, 0.717) is 12.1 Å². The first-order valence-electron chi connectivity index (χ1n) is 9.29. The Morgan fingerprint density at radius 3 is 2.48 bits per heavy atom. The van der Waals surface area contributed by atoms with Gasteiger partial charge in [-0.05, 0) is 29.7 Å². The van der Waals surface area contributed by atoms with E-state index in [4.69, 9.17) is 10.00 Å². The number of nitrogens with zero attached hydrogens (tertiary/aromatic N) is 3. The van der Waals surface area contributed by atoms with Gasteiger partial charge in [-0.25, -0.2) is 0 Å². The molecule has 1 aliphatic heterocycles. The standard InChI is InChI=1S/C22H25N3O2/c1-27-21(20-6-3-2-4-7-20)22(26)25-13-5-12-24(14-15-25)17-19-10-8-18(16-23)9-11-19/h2-4,6-11,21H,5,12-15,17H2,1H3/t21-/m1/s1.